The molecular formula is C16H15NO3. The van der Waals surface area contributed by atoms with Crippen molar-refractivity contribution in [3.05, 3.63) is 34.9 Å². The topological polar surface area (TPSA) is 38.8 Å². The highest BCUT2D eigenvalue weighted by atomic mass is 16.7. The molecule has 1 aromatic rings. The third kappa shape index (κ3) is 1.32. The first-order valence-corrected chi connectivity index (χ1v) is 7.19. The lowest BCUT2D eigenvalue weighted by molar-refractivity contribution is -0.115. The summed E-state index contributed by atoms with van der Waals surface area (Å²) in [6, 6.07) is 4.64. The molecular weight excluding hydrogens is 254 g/mol. The number of hydrogen-bond donors (Lipinski definition) is 0. The monoisotopic (exact) mass is 269 g/mol. The molecule has 1 fully saturated rings. The lowest BCUT2D eigenvalue weighted by Gasteiger charge is -2.40. The first-order chi connectivity index (χ1) is 9.79. The van der Waals surface area contributed by atoms with E-state index in [1.807, 2.05) is 6.08 Å². The largest absolute Gasteiger partial charge is 0.454 e. The summed E-state index contributed by atoms with van der Waals surface area (Å²) in [6.07, 6.45) is 3.55. The van der Waals surface area contributed by atoms with Crippen LogP contribution in [0, 0.1) is 0 Å². The number of nitrogens with zero attached hydrogens (tertiary/aromatic N) is 1. The van der Waals surface area contributed by atoms with Crippen molar-refractivity contribution < 1.29 is 14.3 Å². The molecule has 2 unspecified atom stereocenters. The standard InChI is InChI=1S/C16H15NO3/c18-11-3-9-1-2-17-7-10-4-14-15(20-8-19-14)6-12(10)13(5-11)16(9)17/h3-4,6,13,16H,1-2,5,7-8H2. The molecule has 4 heteroatoms. The Morgan fingerprint density at radius 1 is 1.20 bits per heavy atom. The van der Waals surface area contributed by atoms with Crippen molar-refractivity contribution >= 4 is 5.78 Å². The highest BCUT2D eigenvalue weighted by molar-refractivity contribution is 5.93. The minimum atomic E-state index is 0.272. The maximum absolute atomic E-state index is 12.0. The summed E-state index contributed by atoms with van der Waals surface area (Å²) >= 11 is 0. The van der Waals surface area contributed by atoms with Gasteiger partial charge in [0.05, 0.1) is 0 Å². The van der Waals surface area contributed by atoms with Gasteiger partial charge in [-0.3, -0.25) is 9.69 Å². The van der Waals surface area contributed by atoms with Crippen molar-refractivity contribution in [2.75, 3.05) is 13.3 Å². The fraction of sp³-hybridized carbons (Fsp3) is 0.438. The quantitative estimate of drug-likeness (QED) is 0.722. The average molecular weight is 269 g/mol. The summed E-state index contributed by atoms with van der Waals surface area (Å²) in [7, 11) is 0. The number of ketones is 1. The second-order valence-electron chi connectivity index (χ2n) is 6.07. The number of benzene rings is 1. The molecule has 1 aliphatic carbocycles. The lowest BCUT2D eigenvalue weighted by atomic mass is 9.75. The fourth-order valence-corrected chi connectivity index (χ4v) is 4.22. The minimum absolute atomic E-state index is 0.272. The summed E-state index contributed by atoms with van der Waals surface area (Å²) in [6.45, 7) is 2.33. The number of ether oxygens (including phenoxy) is 2. The Labute approximate surface area is 117 Å². The molecule has 0 amide bonds. The zero-order valence-corrected chi connectivity index (χ0v) is 11.1. The Morgan fingerprint density at radius 2 is 2.05 bits per heavy atom. The summed E-state index contributed by atoms with van der Waals surface area (Å²) in [5, 5.41) is 0. The van der Waals surface area contributed by atoms with E-state index in [2.05, 4.69) is 17.0 Å². The van der Waals surface area contributed by atoms with Gasteiger partial charge in [-0.05, 0) is 41.3 Å². The molecule has 0 spiro atoms. The van der Waals surface area contributed by atoms with E-state index in [1.165, 1.54) is 16.7 Å². The number of rotatable bonds is 0. The molecule has 1 aromatic carbocycles. The van der Waals surface area contributed by atoms with Crippen LogP contribution in [0.2, 0.25) is 0 Å². The van der Waals surface area contributed by atoms with Crippen LogP contribution in [-0.4, -0.2) is 30.1 Å². The van der Waals surface area contributed by atoms with Gasteiger partial charge in [0.1, 0.15) is 0 Å². The van der Waals surface area contributed by atoms with E-state index in [4.69, 9.17) is 9.47 Å². The Balaban J connectivity index is 1.69. The van der Waals surface area contributed by atoms with Crippen LogP contribution in [0.4, 0.5) is 0 Å². The van der Waals surface area contributed by atoms with Crippen molar-refractivity contribution in [3.63, 3.8) is 0 Å². The predicted octanol–water partition coefficient (Wildman–Crippen LogP) is 1.99. The molecule has 0 bridgehead atoms. The maximum Gasteiger partial charge on any atom is 0.231 e. The van der Waals surface area contributed by atoms with E-state index in [0.29, 0.717) is 25.2 Å². The molecule has 3 heterocycles. The molecule has 0 saturated carbocycles. The van der Waals surface area contributed by atoms with Crippen molar-refractivity contribution in [1.29, 1.82) is 0 Å². The zero-order chi connectivity index (χ0) is 13.3. The van der Waals surface area contributed by atoms with Crippen molar-refractivity contribution in [2.24, 2.45) is 0 Å². The second kappa shape index (κ2) is 3.64. The zero-order valence-electron chi connectivity index (χ0n) is 11.1. The molecule has 1 saturated heterocycles. The molecule has 4 nitrogen and oxygen atoms in total. The van der Waals surface area contributed by atoms with E-state index in [-0.39, 0.29) is 5.78 Å². The van der Waals surface area contributed by atoms with Gasteiger partial charge in [0.15, 0.2) is 17.3 Å². The first-order valence-electron chi connectivity index (χ1n) is 7.19. The van der Waals surface area contributed by atoms with Crippen LogP contribution in [0.3, 0.4) is 0 Å². The normalized spacial score (nSPS) is 30.0. The van der Waals surface area contributed by atoms with E-state index in [0.717, 1.165) is 31.0 Å². The predicted molar refractivity (Wildman–Crippen MR) is 71.8 cm³/mol. The van der Waals surface area contributed by atoms with Gasteiger partial charge in [-0.2, -0.15) is 0 Å². The van der Waals surface area contributed by atoms with Crippen LogP contribution in [0.15, 0.2) is 23.8 Å². The average Bonchev–Trinajstić information content (AvgIpc) is 3.04. The maximum atomic E-state index is 12.0. The van der Waals surface area contributed by atoms with Gasteiger partial charge in [0, 0.05) is 31.5 Å². The minimum Gasteiger partial charge on any atom is -0.454 e. The van der Waals surface area contributed by atoms with Gasteiger partial charge in [-0.25, -0.2) is 0 Å². The smallest absolute Gasteiger partial charge is 0.231 e. The molecule has 0 radical (unpaired) electrons. The SMILES string of the molecule is O=C1C=C2CCN3Cc4cc5c(cc4C(C1)C23)OCO5. The highest BCUT2D eigenvalue weighted by Crippen LogP contribution is 2.48. The van der Waals surface area contributed by atoms with Gasteiger partial charge < -0.3 is 9.47 Å². The molecule has 0 aromatic heterocycles. The van der Waals surface area contributed by atoms with Crippen LogP contribution in [0.5, 0.6) is 11.5 Å². The van der Waals surface area contributed by atoms with Gasteiger partial charge in [0.25, 0.3) is 0 Å². The van der Waals surface area contributed by atoms with Gasteiger partial charge in [0.2, 0.25) is 6.79 Å². The number of carbonyl (C=O) groups excluding carboxylic acids is 1. The highest BCUT2D eigenvalue weighted by Gasteiger charge is 2.44. The van der Waals surface area contributed by atoms with Crippen molar-refractivity contribution in [3.8, 4) is 11.5 Å². The third-order valence-electron chi connectivity index (χ3n) is 5.02. The number of hydrogen-bond acceptors (Lipinski definition) is 4. The van der Waals surface area contributed by atoms with Crippen LogP contribution in [0.25, 0.3) is 0 Å². The van der Waals surface area contributed by atoms with E-state index < -0.39 is 0 Å². The Hall–Kier alpha value is -1.81. The Bertz CT molecular complexity index is 664. The summed E-state index contributed by atoms with van der Waals surface area (Å²) < 4.78 is 11.0. The molecule has 102 valence electrons. The van der Waals surface area contributed by atoms with Crippen LogP contribution in [0.1, 0.15) is 29.9 Å². The van der Waals surface area contributed by atoms with E-state index in [1.54, 1.807) is 0 Å². The Morgan fingerprint density at radius 3 is 2.95 bits per heavy atom. The molecule has 20 heavy (non-hydrogen) atoms. The summed E-state index contributed by atoms with van der Waals surface area (Å²) in [5.41, 5.74) is 3.91. The second-order valence-corrected chi connectivity index (χ2v) is 6.07. The van der Waals surface area contributed by atoms with Crippen molar-refractivity contribution in [1.82, 2.24) is 4.90 Å². The third-order valence-corrected chi connectivity index (χ3v) is 5.02. The fourth-order valence-electron chi connectivity index (χ4n) is 4.22. The molecule has 2 atom stereocenters. The van der Waals surface area contributed by atoms with E-state index in [9.17, 15) is 4.79 Å². The Kier molecular flexibility index (Phi) is 1.99. The van der Waals surface area contributed by atoms with E-state index >= 15 is 0 Å². The molecule has 0 N–H and O–H groups in total. The van der Waals surface area contributed by atoms with Gasteiger partial charge in [-0.1, -0.05) is 0 Å². The lowest BCUT2D eigenvalue weighted by Crippen LogP contribution is -2.42. The van der Waals surface area contributed by atoms with Gasteiger partial charge >= 0.3 is 0 Å². The molecule has 4 aliphatic rings. The number of fused-ring (bicyclic) bond motifs is 3. The summed E-state index contributed by atoms with van der Waals surface area (Å²) in [4.78, 5) is 14.5. The van der Waals surface area contributed by atoms with Crippen LogP contribution in [-0.2, 0) is 11.3 Å². The summed E-state index contributed by atoms with van der Waals surface area (Å²) in [5.74, 6) is 2.25. The first kappa shape index (κ1) is 10.9. The molecule has 3 aliphatic heterocycles. The molecule has 5 rings (SSSR count). The van der Waals surface area contributed by atoms with Crippen LogP contribution < -0.4 is 9.47 Å². The van der Waals surface area contributed by atoms with Gasteiger partial charge in [-0.15, -0.1) is 0 Å². The van der Waals surface area contributed by atoms with Crippen molar-refractivity contribution in [2.45, 2.75) is 31.3 Å². The number of carbonyl (C=O) groups is 1. The number of allylic oxidation sites excluding steroid dienone is 1. The van der Waals surface area contributed by atoms with Crippen LogP contribution >= 0.6 is 0 Å².